The molecule has 1 heterocycles. The third kappa shape index (κ3) is 5.99. The number of carbonyl (C=O) groups excluding carboxylic acids is 1. The Kier molecular flexibility index (Phi) is 5.99. The number of nitrogens with zero attached hydrogens (tertiary/aromatic N) is 2. The Morgan fingerprint density at radius 1 is 1.32 bits per heavy atom. The fourth-order valence-electron chi connectivity index (χ4n) is 1.80. The van der Waals surface area contributed by atoms with Gasteiger partial charge in [-0.05, 0) is 30.0 Å². The van der Waals surface area contributed by atoms with E-state index < -0.39 is 5.97 Å². The van der Waals surface area contributed by atoms with Crippen LogP contribution in [-0.2, 0) is 16.0 Å². The molecule has 0 aliphatic rings. The number of carboxylic acids is 1. The van der Waals surface area contributed by atoms with Crippen molar-refractivity contribution < 1.29 is 14.7 Å². The van der Waals surface area contributed by atoms with E-state index in [0.29, 0.717) is 6.54 Å². The molecular weight excluding hydrogens is 244 g/mol. The molecule has 0 saturated heterocycles. The standard InChI is InChI=1S/C14H20N2O3/c1-11(10-14(18)19)9-13(17)16(2)8-5-12-3-6-15-7-4-12/h3-4,6-7,11H,5,8-10H2,1-2H3,(H,18,19). The molecule has 104 valence electrons. The minimum Gasteiger partial charge on any atom is -0.481 e. The molecule has 1 aromatic rings. The van der Waals surface area contributed by atoms with E-state index in [4.69, 9.17) is 5.11 Å². The normalized spacial score (nSPS) is 11.9. The zero-order valence-electron chi connectivity index (χ0n) is 11.4. The second-order valence-electron chi connectivity index (χ2n) is 4.83. The van der Waals surface area contributed by atoms with Gasteiger partial charge in [-0.2, -0.15) is 0 Å². The molecule has 0 bridgehead atoms. The van der Waals surface area contributed by atoms with Gasteiger partial charge in [0.15, 0.2) is 0 Å². The highest BCUT2D eigenvalue weighted by molar-refractivity contribution is 5.77. The Bertz CT molecular complexity index is 420. The van der Waals surface area contributed by atoms with Crippen molar-refractivity contribution in [2.45, 2.75) is 26.2 Å². The zero-order chi connectivity index (χ0) is 14.3. The van der Waals surface area contributed by atoms with Crippen molar-refractivity contribution in [1.82, 2.24) is 9.88 Å². The summed E-state index contributed by atoms with van der Waals surface area (Å²) in [5, 5.41) is 8.66. The zero-order valence-corrected chi connectivity index (χ0v) is 11.4. The molecule has 1 unspecified atom stereocenters. The molecule has 1 aromatic heterocycles. The summed E-state index contributed by atoms with van der Waals surface area (Å²) >= 11 is 0. The highest BCUT2D eigenvalue weighted by Gasteiger charge is 2.15. The quantitative estimate of drug-likeness (QED) is 0.811. The number of pyridine rings is 1. The average molecular weight is 264 g/mol. The maximum absolute atomic E-state index is 11.9. The largest absolute Gasteiger partial charge is 0.481 e. The molecule has 0 aliphatic heterocycles. The van der Waals surface area contributed by atoms with E-state index >= 15 is 0 Å². The van der Waals surface area contributed by atoms with Crippen molar-refractivity contribution >= 4 is 11.9 Å². The van der Waals surface area contributed by atoms with E-state index in [1.807, 2.05) is 12.1 Å². The molecular formula is C14H20N2O3. The second-order valence-corrected chi connectivity index (χ2v) is 4.83. The predicted molar refractivity (Wildman–Crippen MR) is 71.6 cm³/mol. The van der Waals surface area contributed by atoms with Gasteiger partial charge in [0.1, 0.15) is 0 Å². The Hall–Kier alpha value is -1.91. The van der Waals surface area contributed by atoms with Crippen LogP contribution in [0.4, 0.5) is 0 Å². The van der Waals surface area contributed by atoms with E-state index in [2.05, 4.69) is 4.98 Å². The molecule has 0 fully saturated rings. The van der Waals surface area contributed by atoms with Crippen molar-refractivity contribution in [2.75, 3.05) is 13.6 Å². The van der Waals surface area contributed by atoms with Crippen LogP contribution < -0.4 is 0 Å². The van der Waals surface area contributed by atoms with E-state index in [-0.39, 0.29) is 24.7 Å². The van der Waals surface area contributed by atoms with Crippen molar-refractivity contribution in [3.8, 4) is 0 Å². The number of hydrogen-bond donors (Lipinski definition) is 1. The molecule has 19 heavy (non-hydrogen) atoms. The molecule has 0 spiro atoms. The van der Waals surface area contributed by atoms with Crippen molar-refractivity contribution in [3.63, 3.8) is 0 Å². The van der Waals surface area contributed by atoms with Crippen molar-refractivity contribution in [1.29, 1.82) is 0 Å². The van der Waals surface area contributed by atoms with Gasteiger partial charge in [-0.25, -0.2) is 0 Å². The first-order chi connectivity index (χ1) is 8.99. The van der Waals surface area contributed by atoms with Crippen LogP contribution in [0.2, 0.25) is 0 Å². The minimum atomic E-state index is -0.861. The van der Waals surface area contributed by atoms with Gasteiger partial charge >= 0.3 is 5.97 Å². The molecule has 0 radical (unpaired) electrons. The number of carboxylic acid groups (broad SMARTS) is 1. The Morgan fingerprint density at radius 2 is 1.95 bits per heavy atom. The summed E-state index contributed by atoms with van der Waals surface area (Å²) in [6, 6.07) is 3.84. The van der Waals surface area contributed by atoms with Gasteiger partial charge in [0.25, 0.3) is 0 Å². The van der Waals surface area contributed by atoms with Gasteiger partial charge in [-0.1, -0.05) is 6.92 Å². The number of carbonyl (C=O) groups is 2. The molecule has 1 N–H and O–H groups in total. The summed E-state index contributed by atoms with van der Waals surface area (Å²) in [4.78, 5) is 28.0. The maximum Gasteiger partial charge on any atom is 0.303 e. The van der Waals surface area contributed by atoms with Gasteiger partial charge in [0, 0.05) is 38.8 Å². The lowest BCUT2D eigenvalue weighted by atomic mass is 10.0. The summed E-state index contributed by atoms with van der Waals surface area (Å²) in [5.41, 5.74) is 1.13. The maximum atomic E-state index is 11.9. The van der Waals surface area contributed by atoms with E-state index in [1.54, 1.807) is 31.3 Å². The molecule has 0 aliphatic carbocycles. The lowest BCUT2D eigenvalue weighted by molar-refractivity contribution is -0.138. The van der Waals surface area contributed by atoms with Crippen LogP contribution in [0.3, 0.4) is 0 Å². The smallest absolute Gasteiger partial charge is 0.303 e. The molecule has 5 nitrogen and oxygen atoms in total. The van der Waals surface area contributed by atoms with Crippen LogP contribution in [0.5, 0.6) is 0 Å². The predicted octanol–water partition coefficient (Wildman–Crippen LogP) is 1.58. The van der Waals surface area contributed by atoms with Crippen LogP contribution in [0, 0.1) is 5.92 Å². The molecule has 1 amide bonds. The Morgan fingerprint density at radius 3 is 2.53 bits per heavy atom. The SMILES string of the molecule is CC(CC(=O)O)CC(=O)N(C)CCc1ccncc1. The van der Waals surface area contributed by atoms with Crippen LogP contribution in [0.25, 0.3) is 0 Å². The van der Waals surface area contributed by atoms with Gasteiger partial charge < -0.3 is 10.0 Å². The molecule has 0 saturated carbocycles. The fourth-order valence-corrected chi connectivity index (χ4v) is 1.80. The molecule has 1 rings (SSSR count). The first-order valence-electron chi connectivity index (χ1n) is 6.33. The third-order valence-electron chi connectivity index (χ3n) is 2.96. The lowest BCUT2D eigenvalue weighted by Gasteiger charge is -2.19. The summed E-state index contributed by atoms with van der Waals surface area (Å²) < 4.78 is 0. The van der Waals surface area contributed by atoms with E-state index in [9.17, 15) is 9.59 Å². The third-order valence-corrected chi connectivity index (χ3v) is 2.96. The first-order valence-corrected chi connectivity index (χ1v) is 6.33. The number of hydrogen-bond acceptors (Lipinski definition) is 3. The number of likely N-dealkylation sites (N-methyl/N-ethyl adjacent to an activating group) is 1. The van der Waals surface area contributed by atoms with Crippen LogP contribution >= 0.6 is 0 Å². The molecule has 5 heteroatoms. The number of aromatic nitrogens is 1. The highest BCUT2D eigenvalue weighted by atomic mass is 16.4. The number of rotatable bonds is 7. The monoisotopic (exact) mass is 264 g/mol. The highest BCUT2D eigenvalue weighted by Crippen LogP contribution is 2.09. The minimum absolute atomic E-state index is 0.0113. The van der Waals surface area contributed by atoms with Crippen LogP contribution in [-0.4, -0.2) is 40.5 Å². The van der Waals surface area contributed by atoms with Gasteiger partial charge in [-0.3, -0.25) is 14.6 Å². The van der Waals surface area contributed by atoms with E-state index in [0.717, 1.165) is 12.0 Å². The summed E-state index contributed by atoms with van der Waals surface area (Å²) in [6.07, 6.45) is 4.54. The van der Waals surface area contributed by atoms with Gasteiger partial charge in [-0.15, -0.1) is 0 Å². The Labute approximate surface area is 113 Å². The first kappa shape index (κ1) is 15.1. The van der Waals surface area contributed by atoms with Gasteiger partial charge in [0.05, 0.1) is 0 Å². The van der Waals surface area contributed by atoms with Gasteiger partial charge in [0.2, 0.25) is 5.91 Å². The van der Waals surface area contributed by atoms with E-state index in [1.165, 1.54) is 0 Å². The summed E-state index contributed by atoms with van der Waals surface area (Å²) in [7, 11) is 1.75. The molecule has 1 atom stereocenters. The summed E-state index contributed by atoms with van der Waals surface area (Å²) in [6.45, 7) is 2.41. The van der Waals surface area contributed by atoms with Crippen LogP contribution in [0.1, 0.15) is 25.3 Å². The summed E-state index contributed by atoms with van der Waals surface area (Å²) in [5.74, 6) is -1.00. The number of aliphatic carboxylic acids is 1. The van der Waals surface area contributed by atoms with Crippen molar-refractivity contribution in [3.05, 3.63) is 30.1 Å². The number of amides is 1. The van der Waals surface area contributed by atoms with Crippen LogP contribution in [0.15, 0.2) is 24.5 Å². The topological polar surface area (TPSA) is 70.5 Å². The lowest BCUT2D eigenvalue weighted by Crippen LogP contribution is -2.30. The fraction of sp³-hybridized carbons (Fsp3) is 0.500. The second kappa shape index (κ2) is 7.51. The molecule has 0 aromatic carbocycles. The Balaban J connectivity index is 2.34. The average Bonchev–Trinajstić information content (AvgIpc) is 2.36. The van der Waals surface area contributed by atoms with Crippen molar-refractivity contribution in [2.24, 2.45) is 5.92 Å².